The highest BCUT2D eigenvalue weighted by Gasteiger charge is 2.45. The molecule has 108 valence electrons. The Balaban J connectivity index is 2.01. The number of aromatic nitrogens is 1. The van der Waals surface area contributed by atoms with Crippen LogP contribution in [0.3, 0.4) is 0 Å². The molecule has 20 heavy (non-hydrogen) atoms. The van der Waals surface area contributed by atoms with Crippen LogP contribution in [0.4, 0.5) is 11.5 Å². The third-order valence-electron chi connectivity index (χ3n) is 4.70. The number of nitrogens with zero attached hydrogens (tertiary/aromatic N) is 3. The minimum atomic E-state index is -0.295. The van der Waals surface area contributed by atoms with Gasteiger partial charge in [-0.15, -0.1) is 0 Å². The third-order valence-corrected chi connectivity index (χ3v) is 4.70. The van der Waals surface area contributed by atoms with Gasteiger partial charge in [-0.3, -0.25) is 10.1 Å². The van der Waals surface area contributed by atoms with Crippen molar-refractivity contribution in [3.8, 4) is 0 Å². The zero-order chi connectivity index (χ0) is 14.3. The van der Waals surface area contributed by atoms with Gasteiger partial charge in [0.25, 0.3) is 0 Å². The van der Waals surface area contributed by atoms with Crippen LogP contribution in [-0.4, -0.2) is 35.6 Å². The van der Waals surface area contributed by atoms with Crippen LogP contribution < -0.4 is 10.2 Å². The lowest BCUT2D eigenvalue weighted by atomic mass is 9.93. The second kappa shape index (κ2) is 5.01. The monoisotopic (exact) mass is 276 g/mol. The van der Waals surface area contributed by atoms with Crippen LogP contribution in [0.5, 0.6) is 0 Å². The maximum atomic E-state index is 11.4. The topological polar surface area (TPSA) is 71.3 Å². The Labute approximate surface area is 118 Å². The van der Waals surface area contributed by atoms with Gasteiger partial charge < -0.3 is 10.2 Å². The molecule has 0 radical (unpaired) electrons. The number of pyridine rings is 1. The molecule has 6 heteroatoms. The number of fused-ring (bicyclic) bond motifs is 1. The summed E-state index contributed by atoms with van der Waals surface area (Å²) in [6.07, 6.45) is 2.67. The zero-order valence-electron chi connectivity index (χ0n) is 11.9. The summed E-state index contributed by atoms with van der Waals surface area (Å²) in [6, 6.07) is 2.06. The first kappa shape index (κ1) is 13.3. The van der Waals surface area contributed by atoms with Gasteiger partial charge in [0.1, 0.15) is 0 Å². The Hall–Kier alpha value is -1.69. The van der Waals surface area contributed by atoms with E-state index in [1.54, 1.807) is 19.2 Å². The molecule has 3 heterocycles. The van der Waals surface area contributed by atoms with E-state index in [4.69, 9.17) is 0 Å². The van der Waals surface area contributed by atoms with E-state index in [0.29, 0.717) is 29.3 Å². The molecule has 0 amide bonds. The van der Waals surface area contributed by atoms with Crippen molar-refractivity contribution in [3.63, 3.8) is 0 Å². The van der Waals surface area contributed by atoms with Crippen LogP contribution in [-0.2, 0) is 0 Å². The fourth-order valence-corrected chi connectivity index (χ4v) is 3.76. The molecule has 2 saturated heterocycles. The standard InChI is InChI=1S/C14H20N4O2/c1-3-12-11-7-15-6-10(11)8-17(12)14-13(18(19)20)9(2)4-5-16-14/h4-5,10-12,15H,3,6-8H2,1-2H3. The number of hydrogen-bond donors (Lipinski definition) is 1. The molecule has 2 aliphatic rings. The number of hydrogen-bond acceptors (Lipinski definition) is 5. The summed E-state index contributed by atoms with van der Waals surface area (Å²) in [7, 11) is 0. The Morgan fingerprint density at radius 2 is 2.35 bits per heavy atom. The molecular formula is C14H20N4O2. The summed E-state index contributed by atoms with van der Waals surface area (Å²) in [5, 5.41) is 14.8. The van der Waals surface area contributed by atoms with Crippen LogP contribution in [0.1, 0.15) is 18.9 Å². The van der Waals surface area contributed by atoms with Gasteiger partial charge in [0.2, 0.25) is 5.82 Å². The first-order chi connectivity index (χ1) is 9.63. The van der Waals surface area contributed by atoms with Gasteiger partial charge in [0.05, 0.1) is 4.92 Å². The normalized spacial score (nSPS) is 28.7. The highest BCUT2D eigenvalue weighted by atomic mass is 16.6. The fraction of sp³-hybridized carbons (Fsp3) is 0.643. The lowest BCUT2D eigenvalue weighted by molar-refractivity contribution is -0.384. The van der Waals surface area contributed by atoms with Gasteiger partial charge in [0.15, 0.2) is 0 Å². The van der Waals surface area contributed by atoms with Gasteiger partial charge in [0, 0.05) is 37.4 Å². The molecular weight excluding hydrogens is 256 g/mol. The average molecular weight is 276 g/mol. The highest BCUT2D eigenvalue weighted by molar-refractivity contribution is 5.62. The summed E-state index contributed by atoms with van der Waals surface area (Å²) in [6.45, 7) is 6.83. The fourth-order valence-electron chi connectivity index (χ4n) is 3.76. The number of anilines is 1. The van der Waals surface area contributed by atoms with Crippen LogP contribution in [0.15, 0.2) is 12.3 Å². The minimum Gasteiger partial charge on any atom is -0.347 e. The smallest absolute Gasteiger partial charge is 0.314 e. The van der Waals surface area contributed by atoms with Gasteiger partial charge in [-0.1, -0.05) is 6.92 Å². The Bertz CT molecular complexity index is 534. The number of aryl methyl sites for hydroxylation is 1. The van der Waals surface area contributed by atoms with Crippen molar-refractivity contribution in [1.29, 1.82) is 0 Å². The number of nitrogens with one attached hydrogen (secondary N) is 1. The molecule has 0 bridgehead atoms. The predicted octanol–water partition coefficient (Wildman–Crippen LogP) is 1.73. The van der Waals surface area contributed by atoms with Crippen molar-refractivity contribution in [3.05, 3.63) is 27.9 Å². The van der Waals surface area contributed by atoms with Crippen molar-refractivity contribution in [2.24, 2.45) is 11.8 Å². The molecule has 0 aliphatic carbocycles. The quantitative estimate of drug-likeness (QED) is 0.672. The van der Waals surface area contributed by atoms with E-state index < -0.39 is 0 Å². The van der Waals surface area contributed by atoms with Crippen LogP contribution in [0, 0.1) is 28.9 Å². The molecule has 2 fully saturated rings. The predicted molar refractivity (Wildman–Crippen MR) is 76.9 cm³/mol. The van der Waals surface area contributed by atoms with Crippen molar-refractivity contribution in [2.45, 2.75) is 26.3 Å². The molecule has 3 unspecified atom stereocenters. The molecule has 6 nitrogen and oxygen atoms in total. The maximum absolute atomic E-state index is 11.4. The van der Waals surface area contributed by atoms with Gasteiger partial charge in [-0.05, 0) is 31.2 Å². The molecule has 1 N–H and O–H groups in total. The van der Waals surface area contributed by atoms with Gasteiger partial charge >= 0.3 is 5.69 Å². The molecule has 0 spiro atoms. The van der Waals surface area contributed by atoms with Crippen molar-refractivity contribution in [1.82, 2.24) is 10.3 Å². The molecule has 0 aromatic carbocycles. The lowest BCUT2D eigenvalue weighted by Crippen LogP contribution is -2.36. The Morgan fingerprint density at radius 3 is 3.05 bits per heavy atom. The van der Waals surface area contributed by atoms with Crippen LogP contribution in [0.25, 0.3) is 0 Å². The summed E-state index contributed by atoms with van der Waals surface area (Å²) >= 11 is 0. The first-order valence-electron chi connectivity index (χ1n) is 7.20. The van der Waals surface area contributed by atoms with Crippen molar-refractivity contribution in [2.75, 3.05) is 24.5 Å². The van der Waals surface area contributed by atoms with Crippen LogP contribution >= 0.6 is 0 Å². The molecule has 3 atom stereocenters. The van der Waals surface area contributed by atoms with Crippen molar-refractivity contribution >= 4 is 11.5 Å². The lowest BCUT2D eigenvalue weighted by Gasteiger charge is -2.27. The molecule has 3 rings (SSSR count). The summed E-state index contributed by atoms with van der Waals surface area (Å²) in [5.41, 5.74) is 0.851. The van der Waals surface area contributed by atoms with E-state index in [-0.39, 0.29) is 10.6 Å². The zero-order valence-corrected chi connectivity index (χ0v) is 11.9. The average Bonchev–Trinajstić information content (AvgIpc) is 2.97. The maximum Gasteiger partial charge on any atom is 0.314 e. The third kappa shape index (κ3) is 1.95. The van der Waals surface area contributed by atoms with E-state index in [9.17, 15) is 10.1 Å². The van der Waals surface area contributed by atoms with E-state index in [0.717, 1.165) is 26.1 Å². The van der Waals surface area contributed by atoms with Gasteiger partial charge in [-0.25, -0.2) is 4.98 Å². The molecule has 2 aliphatic heterocycles. The molecule has 1 aromatic heterocycles. The molecule has 1 aromatic rings. The summed E-state index contributed by atoms with van der Waals surface area (Å²) < 4.78 is 0. The van der Waals surface area contributed by atoms with E-state index in [2.05, 4.69) is 22.1 Å². The van der Waals surface area contributed by atoms with Gasteiger partial charge in [-0.2, -0.15) is 0 Å². The SMILES string of the molecule is CCC1C2CNCC2CN1c1nccc(C)c1[N+](=O)[O-]. The molecule has 0 saturated carbocycles. The van der Waals surface area contributed by atoms with E-state index >= 15 is 0 Å². The van der Waals surface area contributed by atoms with Crippen LogP contribution in [0.2, 0.25) is 0 Å². The Morgan fingerprint density at radius 1 is 1.55 bits per heavy atom. The van der Waals surface area contributed by atoms with Crippen molar-refractivity contribution < 1.29 is 4.92 Å². The first-order valence-corrected chi connectivity index (χ1v) is 7.20. The highest BCUT2D eigenvalue weighted by Crippen LogP contribution is 2.40. The Kier molecular flexibility index (Phi) is 3.33. The number of rotatable bonds is 3. The summed E-state index contributed by atoms with van der Waals surface area (Å²) in [4.78, 5) is 17.6. The largest absolute Gasteiger partial charge is 0.347 e. The second-order valence-electron chi connectivity index (χ2n) is 5.77. The minimum absolute atomic E-state index is 0.166. The van der Waals surface area contributed by atoms with E-state index in [1.807, 2.05) is 0 Å². The number of nitro groups is 1. The second-order valence-corrected chi connectivity index (χ2v) is 5.77. The summed E-state index contributed by atoms with van der Waals surface area (Å²) in [5.74, 6) is 1.72. The van der Waals surface area contributed by atoms with E-state index in [1.165, 1.54) is 0 Å².